The summed E-state index contributed by atoms with van der Waals surface area (Å²) >= 11 is 0. The molecule has 0 unspecified atom stereocenters. The Labute approximate surface area is 147 Å². The SMILES string of the molecule is COc1cccc(NC(=O)c2cc(S(=O)(=O)N3CCCC3)cn2C)c1. The normalized spacial score (nSPS) is 15.3. The number of sulfonamides is 1. The zero-order valence-electron chi connectivity index (χ0n) is 14.2. The van der Waals surface area contributed by atoms with Gasteiger partial charge in [0.2, 0.25) is 10.0 Å². The molecule has 0 aliphatic carbocycles. The zero-order valence-corrected chi connectivity index (χ0v) is 15.0. The van der Waals surface area contributed by atoms with E-state index in [1.807, 2.05) is 0 Å². The summed E-state index contributed by atoms with van der Waals surface area (Å²) in [5, 5.41) is 2.76. The van der Waals surface area contributed by atoms with Crippen molar-refractivity contribution in [2.45, 2.75) is 17.7 Å². The van der Waals surface area contributed by atoms with E-state index in [1.165, 1.54) is 21.1 Å². The molecule has 1 aliphatic rings. The van der Waals surface area contributed by atoms with E-state index in [9.17, 15) is 13.2 Å². The number of aryl methyl sites for hydroxylation is 1. The fourth-order valence-electron chi connectivity index (χ4n) is 2.87. The molecule has 1 fully saturated rings. The van der Waals surface area contributed by atoms with Gasteiger partial charge in [0.15, 0.2) is 0 Å². The van der Waals surface area contributed by atoms with Gasteiger partial charge in [-0.05, 0) is 31.0 Å². The molecule has 1 aliphatic heterocycles. The number of amides is 1. The number of nitrogens with one attached hydrogen (secondary N) is 1. The van der Waals surface area contributed by atoms with E-state index in [1.54, 1.807) is 38.4 Å². The molecule has 1 N–H and O–H groups in total. The summed E-state index contributed by atoms with van der Waals surface area (Å²) in [6, 6.07) is 8.40. The van der Waals surface area contributed by atoms with Crippen molar-refractivity contribution in [2.75, 3.05) is 25.5 Å². The lowest BCUT2D eigenvalue weighted by molar-refractivity contribution is 0.101. The van der Waals surface area contributed by atoms with Crippen molar-refractivity contribution < 1.29 is 17.9 Å². The second-order valence-electron chi connectivity index (χ2n) is 5.97. The lowest BCUT2D eigenvalue weighted by Gasteiger charge is -2.13. The van der Waals surface area contributed by atoms with Crippen LogP contribution in [0.1, 0.15) is 23.3 Å². The maximum atomic E-state index is 12.6. The summed E-state index contributed by atoms with van der Waals surface area (Å²) in [4.78, 5) is 12.7. The van der Waals surface area contributed by atoms with Gasteiger partial charge in [-0.2, -0.15) is 4.31 Å². The van der Waals surface area contributed by atoms with Gasteiger partial charge < -0.3 is 14.6 Å². The molecule has 3 rings (SSSR count). The van der Waals surface area contributed by atoms with Gasteiger partial charge in [-0.25, -0.2) is 8.42 Å². The number of carbonyl (C=O) groups excluding carboxylic acids is 1. The highest BCUT2D eigenvalue weighted by molar-refractivity contribution is 7.89. The van der Waals surface area contributed by atoms with Crippen molar-refractivity contribution in [1.29, 1.82) is 0 Å². The maximum absolute atomic E-state index is 12.6. The van der Waals surface area contributed by atoms with Crippen LogP contribution in [0.15, 0.2) is 41.4 Å². The third kappa shape index (κ3) is 3.54. The first-order chi connectivity index (χ1) is 11.9. The number of carbonyl (C=O) groups is 1. The van der Waals surface area contributed by atoms with E-state index in [-0.39, 0.29) is 16.5 Å². The number of hydrogen-bond acceptors (Lipinski definition) is 4. The third-order valence-electron chi connectivity index (χ3n) is 4.24. The summed E-state index contributed by atoms with van der Waals surface area (Å²) in [6.45, 7) is 1.06. The molecule has 1 aromatic carbocycles. The van der Waals surface area contributed by atoms with Crippen LogP contribution in [0.3, 0.4) is 0 Å². The molecular formula is C17H21N3O4S. The average molecular weight is 363 g/mol. The molecule has 0 radical (unpaired) electrons. The van der Waals surface area contributed by atoms with Crippen molar-refractivity contribution in [1.82, 2.24) is 8.87 Å². The molecular weight excluding hydrogens is 342 g/mol. The smallest absolute Gasteiger partial charge is 0.272 e. The molecule has 7 nitrogen and oxygen atoms in total. The maximum Gasteiger partial charge on any atom is 0.272 e. The first-order valence-electron chi connectivity index (χ1n) is 8.04. The monoisotopic (exact) mass is 363 g/mol. The summed E-state index contributed by atoms with van der Waals surface area (Å²) < 4.78 is 33.4. The third-order valence-corrected chi connectivity index (χ3v) is 6.11. The standard InChI is InChI=1S/C17H21N3O4S/c1-19-12-15(25(22,23)20-8-3-4-9-20)11-16(19)17(21)18-13-6-5-7-14(10-13)24-2/h5-7,10-12H,3-4,8-9H2,1-2H3,(H,18,21). The lowest BCUT2D eigenvalue weighted by atomic mass is 10.3. The van der Waals surface area contributed by atoms with Gasteiger partial charge in [-0.3, -0.25) is 4.79 Å². The minimum absolute atomic E-state index is 0.146. The van der Waals surface area contributed by atoms with Gasteiger partial charge in [-0.15, -0.1) is 0 Å². The van der Waals surface area contributed by atoms with Crippen LogP contribution >= 0.6 is 0 Å². The van der Waals surface area contributed by atoms with Gasteiger partial charge >= 0.3 is 0 Å². The Morgan fingerprint density at radius 1 is 1.20 bits per heavy atom. The highest BCUT2D eigenvalue weighted by Gasteiger charge is 2.29. The lowest BCUT2D eigenvalue weighted by Crippen LogP contribution is -2.27. The summed E-state index contributed by atoms with van der Waals surface area (Å²) in [6.07, 6.45) is 3.22. The highest BCUT2D eigenvalue weighted by Crippen LogP contribution is 2.23. The Bertz CT molecular complexity index is 883. The van der Waals surface area contributed by atoms with Gasteiger partial charge in [0, 0.05) is 38.1 Å². The molecule has 25 heavy (non-hydrogen) atoms. The number of anilines is 1. The van der Waals surface area contributed by atoms with Crippen LogP contribution in [0.2, 0.25) is 0 Å². The molecule has 0 atom stereocenters. The second-order valence-corrected chi connectivity index (χ2v) is 7.91. The number of nitrogens with zero attached hydrogens (tertiary/aromatic N) is 2. The number of methoxy groups -OCH3 is 1. The fourth-order valence-corrected chi connectivity index (χ4v) is 4.46. The summed E-state index contributed by atoms with van der Waals surface area (Å²) in [7, 11) is -0.339. The Kier molecular flexibility index (Phi) is 4.82. The first-order valence-corrected chi connectivity index (χ1v) is 9.48. The molecule has 0 saturated carbocycles. The Hall–Kier alpha value is -2.32. The fraction of sp³-hybridized carbons (Fsp3) is 0.353. The number of hydrogen-bond donors (Lipinski definition) is 1. The van der Waals surface area contributed by atoms with E-state index in [4.69, 9.17) is 4.74 Å². The van der Waals surface area contributed by atoms with Crippen molar-refractivity contribution in [3.05, 3.63) is 42.2 Å². The molecule has 2 heterocycles. The van der Waals surface area contributed by atoms with E-state index in [0.29, 0.717) is 24.5 Å². The summed E-state index contributed by atoms with van der Waals surface area (Å²) in [5.74, 6) is 0.251. The van der Waals surface area contributed by atoms with Crippen LogP contribution in [0.25, 0.3) is 0 Å². The molecule has 8 heteroatoms. The predicted octanol–water partition coefficient (Wildman–Crippen LogP) is 2.07. The van der Waals surface area contributed by atoms with Crippen LogP contribution in [0.4, 0.5) is 5.69 Å². The van der Waals surface area contributed by atoms with Gasteiger partial charge in [0.1, 0.15) is 16.3 Å². The molecule has 0 bridgehead atoms. The largest absolute Gasteiger partial charge is 0.497 e. The minimum Gasteiger partial charge on any atom is -0.497 e. The zero-order chi connectivity index (χ0) is 18.0. The van der Waals surface area contributed by atoms with E-state index >= 15 is 0 Å². The Balaban J connectivity index is 1.83. The average Bonchev–Trinajstić information content (AvgIpc) is 3.25. The Morgan fingerprint density at radius 3 is 2.60 bits per heavy atom. The van der Waals surface area contributed by atoms with Gasteiger partial charge in [0.05, 0.1) is 7.11 Å². The number of ether oxygens (including phenoxy) is 1. The van der Waals surface area contributed by atoms with E-state index < -0.39 is 10.0 Å². The molecule has 1 saturated heterocycles. The van der Waals surface area contributed by atoms with Crippen molar-refractivity contribution in [3.63, 3.8) is 0 Å². The van der Waals surface area contributed by atoms with Crippen LogP contribution in [0.5, 0.6) is 5.75 Å². The minimum atomic E-state index is -3.54. The number of benzene rings is 1. The Morgan fingerprint density at radius 2 is 1.92 bits per heavy atom. The topological polar surface area (TPSA) is 80.6 Å². The molecule has 1 amide bonds. The molecule has 1 aromatic heterocycles. The van der Waals surface area contributed by atoms with Crippen molar-refractivity contribution >= 4 is 21.6 Å². The van der Waals surface area contributed by atoms with Crippen LogP contribution in [-0.4, -0.2) is 43.4 Å². The van der Waals surface area contributed by atoms with Crippen LogP contribution in [-0.2, 0) is 17.1 Å². The quantitative estimate of drug-likeness (QED) is 0.882. The van der Waals surface area contributed by atoms with Crippen LogP contribution in [0, 0.1) is 0 Å². The van der Waals surface area contributed by atoms with Gasteiger partial charge in [0.25, 0.3) is 5.91 Å². The van der Waals surface area contributed by atoms with E-state index in [2.05, 4.69) is 5.32 Å². The van der Waals surface area contributed by atoms with Crippen molar-refractivity contribution in [2.24, 2.45) is 7.05 Å². The second kappa shape index (κ2) is 6.89. The highest BCUT2D eigenvalue weighted by atomic mass is 32.2. The number of aromatic nitrogens is 1. The first kappa shape index (κ1) is 17.5. The van der Waals surface area contributed by atoms with Crippen LogP contribution < -0.4 is 10.1 Å². The van der Waals surface area contributed by atoms with Gasteiger partial charge in [-0.1, -0.05) is 6.07 Å². The molecule has 0 spiro atoms. The van der Waals surface area contributed by atoms with Crippen molar-refractivity contribution in [3.8, 4) is 5.75 Å². The number of rotatable bonds is 5. The predicted molar refractivity (Wildman–Crippen MR) is 94.4 cm³/mol. The molecule has 2 aromatic rings. The van der Waals surface area contributed by atoms with E-state index in [0.717, 1.165) is 12.8 Å². The summed E-state index contributed by atoms with van der Waals surface area (Å²) in [5.41, 5.74) is 0.857. The molecule has 134 valence electrons.